The molecule has 0 unspecified atom stereocenters. The molecule has 0 aromatic carbocycles. The van der Waals surface area contributed by atoms with E-state index >= 15 is 0 Å². The molecule has 0 aliphatic carbocycles. The number of carbonyl (C=O) groups is 1. The molecule has 66 valence electrons. The van der Waals surface area contributed by atoms with Crippen LogP contribution >= 0.6 is 0 Å². The van der Waals surface area contributed by atoms with Crippen LogP contribution in [0.3, 0.4) is 0 Å². The monoisotopic (exact) mass is 269 g/mol. The van der Waals surface area contributed by atoms with Crippen LogP contribution in [-0.4, -0.2) is 51.9 Å². The van der Waals surface area contributed by atoms with Crippen LogP contribution in [0.2, 0.25) is 0 Å². The van der Waals surface area contributed by atoms with Crippen molar-refractivity contribution in [1.82, 2.24) is 9.80 Å². The molecule has 1 aliphatic heterocycles. The maximum absolute atomic E-state index is 11.2. The van der Waals surface area contributed by atoms with Gasteiger partial charge in [-0.1, -0.05) is 0 Å². The van der Waals surface area contributed by atoms with Crippen LogP contribution in [0.15, 0.2) is 0 Å². The summed E-state index contributed by atoms with van der Waals surface area (Å²) in [7, 11) is 2.10. The first-order chi connectivity index (χ1) is 5.24. The summed E-state index contributed by atoms with van der Waals surface area (Å²) in [4.78, 5) is 17.5. The molecule has 1 aliphatic rings. The van der Waals surface area contributed by atoms with Crippen LogP contribution in [0, 0.1) is 0 Å². The van der Waals surface area contributed by atoms with Gasteiger partial charge in [-0.05, 0) is 0 Å². The molecule has 0 aromatic heterocycles. The Morgan fingerprint density at radius 1 is 1.27 bits per heavy atom. The summed E-state index contributed by atoms with van der Waals surface area (Å²) in [5.74, 6) is 0. The normalized spacial score (nSPS) is 20.7. The van der Waals surface area contributed by atoms with E-state index in [9.17, 15) is 4.79 Å². The Kier molecular flexibility index (Phi) is 3.58. The Bertz CT molecular complexity index is 143. The van der Waals surface area contributed by atoms with Crippen molar-refractivity contribution in [2.75, 3.05) is 38.2 Å². The van der Waals surface area contributed by atoms with Gasteiger partial charge in [-0.3, -0.25) is 0 Å². The van der Waals surface area contributed by atoms with E-state index in [0.717, 1.165) is 26.2 Å². The van der Waals surface area contributed by atoms with E-state index in [1.165, 1.54) is 0 Å². The zero-order valence-electron chi connectivity index (χ0n) is 7.01. The second-order valence-corrected chi connectivity index (χ2v) is 4.73. The molecule has 0 aromatic rings. The van der Waals surface area contributed by atoms with Crippen LogP contribution in [0.25, 0.3) is 0 Å². The van der Waals surface area contributed by atoms with Crippen molar-refractivity contribution < 1.29 is 26.0 Å². The number of alkyl halides is 1. The van der Waals surface area contributed by atoms with E-state index in [-0.39, 0.29) is 21.2 Å². The van der Waals surface area contributed by atoms with Crippen molar-refractivity contribution in [3.05, 3.63) is 0 Å². The Morgan fingerprint density at radius 3 is 2.27 bits per heavy atom. The fourth-order valence-electron chi connectivity index (χ4n) is 1.10. The van der Waals surface area contributed by atoms with E-state index in [4.69, 9.17) is 0 Å². The molecule has 1 amide bonds. The summed E-state index contributed by atoms with van der Waals surface area (Å²) in [6.45, 7) is 3.94. The average molecular weight is 269 g/mol. The Balaban J connectivity index is 2.33. The maximum atomic E-state index is 11.2. The van der Waals surface area contributed by atoms with Gasteiger partial charge in [-0.15, -0.1) is 0 Å². The fraction of sp³-hybridized carbons (Fsp3) is 0.857. The first-order valence-corrected chi connectivity index (χ1v) is 6.94. The molecule has 1 heterocycles. The number of carbonyl (C=O) groups excluding carboxylic acids is 1. The third-order valence-electron chi connectivity index (χ3n) is 1.91. The number of amides is 1. The molecule has 1 rings (SSSR count). The van der Waals surface area contributed by atoms with Crippen molar-refractivity contribution in [1.29, 1.82) is 0 Å². The third-order valence-corrected chi connectivity index (χ3v) is 3.52. The molecule has 1 saturated heterocycles. The van der Waals surface area contributed by atoms with Gasteiger partial charge in [0.05, 0.1) is 0 Å². The number of nitrogens with zero attached hydrogens (tertiary/aromatic N) is 2. The van der Waals surface area contributed by atoms with Crippen LogP contribution in [0.1, 0.15) is 0 Å². The number of hydrogen-bond donors (Lipinski definition) is 0. The van der Waals surface area contributed by atoms with Crippen molar-refractivity contribution in [2.45, 2.75) is 0 Å². The molecule has 4 heteroatoms. The second kappa shape index (κ2) is 4.25. The van der Waals surface area contributed by atoms with Crippen molar-refractivity contribution in [2.24, 2.45) is 0 Å². The van der Waals surface area contributed by atoms with E-state index in [2.05, 4.69) is 11.9 Å². The molecule has 0 atom stereocenters. The average Bonchev–Trinajstić information content (AvgIpc) is 2.05. The SMILES string of the molecule is C[I-]C(=O)N1CCN(C)CC1. The van der Waals surface area contributed by atoms with E-state index in [1.54, 1.807) is 0 Å². The summed E-state index contributed by atoms with van der Waals surface area (Å²) in [6, 6.07) is 0. The zero-order chi connectivity index (χ0) is 8.27. The van der Waals surface area contributed by atoms with Gasteiger partial charge in [-0.25, -0.2) is 0 Å². The first kappa shape index (κ1) is 9.25. The summed E-state index contributed by atoms with van der Waals surface area (Å²) in [5, 5.41) is 0. The summed E-state index contributed by atoms with van der Waals surface area (Å²) in [5.41, 5.74) is 0. The molecule has 0 saturated carbocycles. The van der Waals surface area contributed by atoms with Gasteiger partial charge in [0.2, 0.25) is 0 Å². The predicted octanol–water partition coefficient (Wildman–Crippen LogP) is -2.93. The molecule has 0 N–H and O–H groups in total. The van der Waals surface area contributed by atoms with Crippen molar-refractivity contribution >= 4 is 3.91 Å². The quantitative estimate of drug-likeness (QED) is 0.220. The minimum absolute atomic E-state index is 0.227. The zero-order valence-corrected chi connectivity index (χ0v) is 9.17. The summed E-state index contributed by atoms with van der Waals surface area (Å²) in [6.07, 6.45) is 0. The molecule has 3 nitrogen and oxygen atoms in total. The molecule has 11 heavy (non-hydrogen) atoms. The van der Waals surface area contributed by atoms with E-state index in [0.29, 0.717) is 3.91 Å². The van der Waals surface area contributed by atoms with Crippen LogP contribution < -0.4 is 21.2 Å². The Hall–Kier alpha value is 0.160. The predicted molar refractivity (Wildman–Crippen MR) is 40.4 cm³/mol. The standard InChI is InChI=1S/C7H14IN2O/c1-8-7(11)10-5-3-9(2)4-6-10/h3-6H2,1-2H3/q-1. The topological polar surface area (TPSA) is 23.6 Å². The van der Waals surface area contributed by atoms with Crippen molar-refractivity contribution in [3.8, 4) is 0 Å². The molecular formula is C7H14IN2O-. The second-order valence-electron chi connectivity index (χ2n) is 2.73. The molecule has 1 fully saturated rings. The molecule has 0 radical (unpaired) electrons. The van der Waals surface area contributed by atoms with Gasteiger partial charge in [-0.2, -0.15) is 0 Å². The number of rotatable bonds is 1. The molecule has 0 bridgehead atoms. The molecular weight excluding hydrogens is 255 g/mol. The van der Waals surface area contributed by atoms with Gasteiger partial charge in [0, 0.05) is 0 Å². The van der Waals surface area contributed by atoms with Gasteiger partial charge >= 0.3 is 77.9 Å². The summed E-state index contributed by atoms with van der Waals surface area (Å²) >= 11 is -0.227. The number of halogens is 1. The molecule has 0 spiro atoms. The first-order valence-electron chi connectivity index (χ1n) is 3.71. The Labute approximate surface area is 78.0 Å². The minimum atomic E-state index is -0.227. The fourth-order valence-corrected chi connectivity index (χ4v) is 2.27. The summed E-state index contributed by atoms with van der Waals surface area (Å²) < 4.78 is 0.400. The number of likely N-dealkylation sites (N-methyl/N-ethyl adjacent to an activating group) is 1. The van der Waals surface area contributed by atoms with E-state index in [1.807, 2.05) is 9.83 Å². The van der Waals surface area contributed by atoms with Crippen LogP contribution in [-0.2, 0) is 0 Å². The van der Waals surface area contributed by atoms with Gasteiger partial charge in [0.15, 0.2) is 0 Å². The van der Waals surface area contributed by atoms with Crippen LogP contribution in [0.5, 0.6) is 0 Å². The van der Waals surface area contributed by atoms with Gasteiger partial charge in [0.25, 0.3) is 0 Å². The van der Waals surface area contributed by atoms with Crippen molar-refractivity contribution in [3.63, 3.8) is 0 Å². The van der Waals surface area contributed by atoms with Gasteiger partial charge < -0.3 is 0 Å². The number of hydrogen-bond acceptors (Lipinski definition) is 2. The van der Waals surface area contributed by atoms with E-state index < -0.39 is 0 Å². The van der Waals surface area contributed by atoms with Gasteiger partial charge in [0.1, 0.15) is 0 Å². The third kappa shape index (κ3) is 2.59. The van der Waals surface area contributed by atoms with Crippen LogP contribution in [0.4, 0.5) is 4.79 Å². The Morgan fingerprint density at radius 2 is 1.82 bits per heavy atom. The number of piperazine rings is 1.